The average Bonchev–Trinajstić information content (AvgIpc) is 2.70. The summed E-state index contributed by atoms with van der Waals surface area (Å²) in [4.78, 5) is 15.2. The molecule has 0 fully saturated rings. The molecule has 0 aliphatic heterocycles. The summed E-state index contributed by atoms with van der Waals surface area (Å²) in [6.07, 6.45) is 2.84. The highest BCUT2D eigenvalue weighted by Gasteiger charge is 2.30. The smallest absolute Gasteiger partial charge is 0.313 e. The lowest BCUT2D eigenvalue weighted by atomic mass is 9.90. The first kappa shape index (κ1) is 16.1. The van der Waals surface area contributed by atoms with Crippen LogP contribution in [0.2, 0.25) is 0 Å². The first-order valence-corrected chi connectivity index (χ1v) is 7.51. The van der Waals surface area contributed by atoms with E-state index in [0.29, 0.717) is 0 Å². The third-order valence-corrected chi connectivity index (χ3v) is 4.23. The molecular weight excluding hydrogens is 260 g/mol. The molecule has 1 heterocycles. The largest absolute Gasteiger partial charge is 0.481 e. The minimum absolute atomic E-state index is 0.0124. The normalized spacial score (nSPS) is 12.7. The number of thioether (sulfide) groups is 1. The summed E-state index contributed by atoms with van der Waals surface area (Å²) in [6.45, 7) is 12.9. The fourth-order valence-electron chi connectivity index (χ4n) is 1.84. The number of hydrogen-bond acceptors (Lipinski definition) is 3. The minimum atomic E-state index is -0.814. The minimum Gasteiger partial charge on any atom is -0.481 e. The number of rotatable bonds is 5. The van der Waals surface area contributed by atoms with Crippen LogP contribution in [-0.4, -0.2) is 26.4 Å². The van der Waals surface area contributed by atoms with Crippen LogP contribution in [0.4, 0.5) is 0 Å². The SMILES string of the molecule is CCC(C)(C)n1c(C(C)(C)C)cnc1SCC(=O)O. The van der Waals surface area contributed by atoms with Crippen molar-refractivity contribution >= 4 is 17.7 Å². The molecule has 1 N–H and O–H groups in total. The van der Waals surface area contributed by atoms with Gasteiger partial charge in [-0.3, -0.25) is 4.79 Å². The molecule has 0 bridgehead atoms. The Labute approximate surface area is 119 Å². The molecule has 0 amide bonds. The molecule has 0 aromatic carbocycles. The van der Waals surface area contributed by atoms with Crippen molar-refractivity contribution < 1.29 is 9.90 Å². The lowest BCUT2D eigenvalue weighted by Crippen LogP contribution is -2.31. The third-order valence-electron chi connectivity index (χ3n) is 3.29. The van der Waals surface area contributed by atoms with E-state index >= 15 is 0 Å². The van der Waals surface area contributed by atoms with Gasteiger partial charge in [0.2, 0.25) is 0 Å². The number of aromatic nitrogens is 2. The summed E-state index contributed by atoms with van der Waals surface area (Å²) in [5, 5.41) is 9.63. The van der Waals surface area contributed by atoms with Crippen molar-refractivity contribution in [2.24, 2.45) is 0 Å². The van der Waals surface area contributed by atoms with Crippen LogP contribution in [0.15, 0.2) is 11.4 Å². The first-order chi connectivity index (χ1) is 8.59. The maximum atomic E-state index is 10.7. The monoisotopic (exact) mass is 284 g/mol. The quantitative estimate of drug-likeness (QED) is 0.841. The lowest BCUT2D eigenvalue weighted by molar-refractivity contribution is -0.133. The number of hydrogen-bond donors (Lipinski definition) is 1. The summed E-state index contributed by atoms with van der Waals surface area (Å²) < 4.78 is 2.20. The maximum Gasteiger partial charge on any atom is 0.313 e. The highest BCUT2D eigenvalue weighted by Crippen LogP contribution is 2.34. The van der Waals surface area contributed by atoms with Gasteiger partial charge in [-0.2, -0.15) is 0 Å². The molecule has 0 saturated heterocycles. The van der Waals surface area contributed by atoms with E-state index in [1.54, 1.807) is 0 Å². The van der Waals surface area contributed by atoms with E-state index in [2.05, 4.69) is 51.1 Å². The Morgan fingerprint density at radius 3 is 2.37 bits per heavy atom. The van der Waals surface area contributed by atoms with Crippen molar-refractivity contribution in [2.75, 3.05) is 5.75 Å². The van der Waals surface area contributed by atoms with Crippen LogP contribution in [0, 0.1) is 0 Å². The van der Waals surface area contributed by atoms with Gasteiger partial charge in [0.05, 0.1) is 5.75 Å². The summed E-state index contributed by atoms with van der Waals surface area (Å²) in [5.41, 5.74) is 1.06. The van der Waals surface area contributed by atoms with Gasteiger partial charge < -0.3 is 9.67 Å². The molecule has 0 unspecified atom stereocenters. The van der Waals surface area contributed by atoms with Gasteiger partial charge in [-0.1, -0.05) is 39.5 Å². The Balaban J connectivity index is 3.26. The van der Waals surface area contributed by atoms with Crippen molar-refractivity contribution in [2.45, 2.75) is 64.1 Å². The molecule has 0 radical (unpaired) electrons. The number of carboxylic acid groups (broad SMARTS) is 1. The molecule has 0 spiro atoms. The molecule has 19 heavy (non-hydrogen) atoms. The fourth-order valence-corrected chi connectivity index (χ4v) is 2.69. The average molecular weight is 284 g/mol. The van der Waals surface area contributed by atoms with Crippen molar-refractivity contribution in [3.63, 3.8) is 0 Å². The topological polar surface area (TPSA) is 55.1 Å². The molecule has 1 aromatic heterocycles. The van der Waals surface area contributed by atoms with Crippen LogP contribution in [0.3, 0.4) is 0 Å². The number of aliphatic carboxylic acids is 1. The summed E-state index contributed by atoms with van der Waals surface area (Å²) in [7, 11) is 0. The zero-order valence-electron chi connectivity index (χ0n) is 12.6. The van der Waals surface area contributed by atoms with Crippen LogP contribution in [0.1, 0.15) is 53.7 Å². The van der Waals surface area contributed by atoms with Crippen LogP contribution in [-0.2, 0) is 15.7 Å². The second-order valence-corrected chi connectivity index (χ2v) is 7.30. The molecule has 0 atom stereocenters. The van der Waals surface area contributed by atoms with E-state index in [1.165, 1.54) is 11.8 Å². The summed E-state index contributed by atoms with van der Waals surface area (Å²) in [6, 6.07) is 0. The maximum absolute atomic E-state index is 10.7. The Kier molecular flexibility index (Phi) is 4.72. The van der Waals surface area contributed by atoms with E-state index < -0.39 is 5.97 Å². The van der Waals surface area contributed by atoms with Gasteiger partial charge >= 0.3 is 5.97 Å². The summed E-state index contributed by atoms with van der Waals surface area (Å²) >= 11 is 1.29. The Bertz CT molecular complexity index is 459. The van der Waals surface area contributed by atoms with Crippen molar-refractivity contribution in [3.8, 4) is 0 Å². The van der Waals surface area contributed by atoms with Crippen LogP contribution < -0.4 is 0 Å². The van der Waals surface area contributed by atoms with E-state index in [-0.39, 0.29) is 16.7 Å². The lowest BCUT2D eigenvalue weighted by Gasteiger charge is -2.33. The third kappa shape index (κ3) is 3.75. The highest BCUT2D eigenvalue weighted by molar-refractivity contribution is 7.99. The van der Waals surface area contributed by atoms with Crippen LogP contribution >= 0.6 is 11.8 Å². The van der Waals surface area contributed by atoms with E-state index in [4.69, 9.17) is 5.11 Å². The number of imidazole rings is 1. The van der Waals surface area contributed by atoms with E-state index in [9.17, 15) is 4.79 Å². The van der Waals surface area contributed by atoms with Crippen LogP contribution in [0.5, 0.6) is 0 Å². The van der Waals surface area contributed by atoms with Gasteiger partial charge in [-0.25, -0.2) is 4.98 Å². The first-order valence-electron chi connectivity index (χ1n) is 6.53. The van der Waals surface area contributed by atoms with Crippen molar-refractivity contribution in [1.29, 1.82) is 0 Å². The molecule has 0 aliphatic carbocycles. The van der Waals surface area contributed by atoms with Gasteiger partial charge in [0.1, 0.15) is 0 Å². The second kappa shape index (κ2) is 5.57. The molecule has 0 saturated carbocycles. The van der Waals surface area contributed by atoms with Gasteiger partial charge in [-0.15, -0.1) is 0 Å². The molecule has 1 rings (SSSR count). The van der Waals surface area contributed by atoms with Gasteiger partial charge in [0.15, 0.2) is 5.16 Å². The molecule has 4 nitrogen and oxygen atoms in total. The molecule has 1 aromatic rings. The molecule has 108 valence electrons. The van der Waals surface area contributed by atoms with E-state index in [1.807, 2.05) is 6.20 Å². The van der Waals surface area contributed by atoms with Crippen molar-refractivity contribution in [1.82, 2.24) is 9.55 Å². The highest BCUT2D eigenvalue weighted by atomic mass is 32.2. The van der Waals surface area contributed by atoms with Crippen molar-refractivity contribution in [3.05, 3.63) is 11.9 Å². The van der Waals surface area contributed by atoms with Gasteiger partial charge in [0, 0.05) is 22.8 Å². The Hall–Kier alpha value is -0.970. The molecule has 5 heteroatoms. The zero-order chi connectivity index (χ0) is 14.8. The standard InChI is InChI=1S/C14H24N2O2S/c1-7-14(5,6)16-10(13(2,3)4)8-15-12(16)19-9-11(17)18/h8H,7,9H2,1-6H3,(H,17,18). The fraction of sp³-hybridized carbons (Fsp3) is 0.714. The second-order valence-electron chi connectivity index (χ2n) is 6.36. The molecular formula is C14H24N2O2S. The predicted octanol–water partition coefficient (Wildman–Crippen LogP) is 3.50. The van der Waals surface area contributed by atoms with Gasteiger partial charge in [-0.05, 0) is 20.3 Å². The van der Waals surface area contributed by atoms with Gasteiger partial charge in [0.25, 0.3) is 0 Å². The number of carboxylic acids is 1. The predicted molar refractivity (Wildman–Crippen MR) is 78.9 cm³/mol. The molecule has 0 aliphatic rings. The summed E-state index contributed by atoms with van der Waals surface area (Å²) in [5.74, 6) is -0.772. The van der Waals surface area contributed by atoms with E-state index in [0.717, 1.165) is 17.3 Å². The Morgan fingerprint density at radius 2 is 1.95 bits per heavy atom. The number of carbonyl (C=O) groups is 1. The Morgan fingerprint density at radius 1 is 1.37 bits per heavy atom. The number of nitrogens with zero attached hydrogens (tertiary/aromatic N) is 2. The zero-order valence-corrected chi connectivity index (χ0v) is 13.5. The van der Waals surface area contributed by atoms with Crippen LogP contribution in [0.25, 0.3) is 0 Å².